The first-order valence-corrected chi connectivity index (χ1v) is 11.5. The van der Waals surface area contributed by atoms with Gasteiger partial charge in [-0.1, -0.05) is 6.08 Å². The number of carboxylic acids is 2. The number of hydrogen-bond donors (Lipinski definition) is 5. The molecule has 0 spiro atoms. The van der Waals surface area contributed by atoms with Crippen molar-refractivity contribution in [2.24, 2.45) is 5.41 Å². The van der Waals surface area contributed by atoms with Crippen molar-refractivity contribution in [1.82, 2.24) is 0 Å². The highest BCUT2D eigenvalue weighted by molar-refractivity contribution is 8.01. The molecule has 0 saturated heterocycles. The first-order chi connectivity index (χ1) is 14.4. The highest BCUT2D eigenvalue weighted by Gasteiger charge is 2.29. The van der Waals surface area contributed by atoms with Gasteiger partial charge in [-0.15, -0.1) is 30.1 Å². The average molecular weight is 465 g/mol. The number of hydrogen-bond acceptors (Lipinski definition) is 9. The topological polar surface area (TPSA) is 161 Å². The van der Waals surface area contributed by atoms with Gasteiger partial charge in [0.2, 0.25) is 0 Å². The Hall–Kier alpha value is -1.40. The van der Waals surface area contributed by atoms with Gasteiger partial charge in [-0.25, -0.2) is 0 Å². The second-order valence-electron chi connectivity index (χ2n) is 6.56. The zero-order chi connectivity index (χ0) is 22.8. The van der Waals surface area contributed by atoms with Gasteiger partial charge in [0.15, 0.2) is 0 Å². The number of rotatable bonds is 21. The Kier molecular flexibility index (Phi) is 16.5. The maximum Gasteiger partial charge on any atom is 0.322 e. The fourth-order valence-corrected chi connectivity index (χ4v) is 3.88. The van der Waals surface area contributed by atoms with Crippen LogP contribution in [0.4, 0.5) is 0 Å². The summed E-state index contributed by atoms with van der Waals surface area (Å²) in [6.07, 6.45) is 5.23. The predicted octanol–water partition coefficient (Wildman–Crippen LogP) is 2.03. The van der Waals surface area contributed by atoms with Crippen LogP contribution in [0.5, 0.6) is 0 Å². The van der Waals surface area contributed by atoms with Crippen molar-refractivity contribution in [3.05, 3.63) is 12.7 Å². The lowest BCUT2D eigenvalue weighted by Gasteiger charge is -2.30. The lowest BCUT2D eigenvalue weighted by molar-refractivity contribution is -0.136. The Labute approximate surface area is 185 Å². The molecular weight excluding hydrogens is 432 g/mol. The number of nitrogens with one attached hydrogen (secondary N) is 2. The van der Waals surface area contributed by atoms with E-state index in [0.29, 0.717) is 44.0 Å². The van der Waals surface area contributed by atoms with Gasteiger partial charge in [0.05, 0.1) is 19.8 Å². The molecule has 172 valence electrons. The Morgan fingerprint density at radius 2 is 1.40 bits per heavy atom. The summed E-state index contributed by atoms with van der Waals surface area (Å²) in [5.74, 6) is -0.983. The number of carboxylic acid groups (broad SMARTS) is 2. The Balaban J connectivity index is 4.21. The van der Waals surface area contributed by atoms with Crippen LogP contribution in [0.25, 0.3) is 0 Å². The molecule has 0 aromatic heterocycles. The van der Waals surface area contributed by atoms with Crippen molar-refractivity contribution in [2.45, 2.75) is 29.8 Å². The molecule has 0 fully saturated rings. The van der Waals surface area contributed by atoms with Crippen LogP contribution in [0.3, 0.4) is 0 Å². The molecule has 0 aromatic carbocycles. The van der Waals surface area contributed by atoms with Crippen LogP contribution in [0.2, 0.25) is 0 Å². The summed E-state index contributed by atoms with van der Waals surface area (Å²) in [5, 5.41) is 40.1. The van der Waals surface area contributed by atoms with Crippen LogP contribution in [0.1, 0.15) is 19.3 Å². The van der Waals surface area contributed by atoms with Crippen molar-refractivity contribution in [1.29, 1.82) is 10.8 Å². The lowest BCUT2D eigenvalue weighted by Crippen LogP contribution is -2.36. The van der Waals surface area contributed by atoms with E-state index in [1.165, 1.54) is 0 Å². The molecule has 0 amide bonds. The third kappa shape index (κ3) is 12.3. The summed E-state index contributed by atoms with van der Waals surface area (Å²) >= 11 is 2.33. The maximum absolute atomic E-state index is 10.8. The smallest absolute Gasteiger partial charge is 0.322 e. The predicted molar refractivity (Wildman–Crippen MR) is 121 cm³/mol. The summed E-state index contributed by atoms with van der Waals surface area (Å²) < 4.78 is 11.3. The number of allylic oxidation sites excluding steroid dienone is 1. The lowest BCUT2D eigenvalue weighted by atomic mass is 9.87. The highest BCUT2D eigenvalue weighted by Crippen LogP contribution is 2.24. The SMILES string of the molecule is C=CCC(CO)(COCCCSC(C=N)C(=O)O)COCCCSC(C=N)C(=O)O. The number of aliphatic hydroxyl groups excluding tert-OH is 1. The van der Waals surface area contributed by atoms with E-state index in [4.69, 9.17) is 30.5 Å². The summed E-state index contributed by atoms with van der Waals surface area (Å²) in [6.45, 7) is 4.88. The van der Waals surface area contributed by atoms with Crippen LogP contribution in [0, 0.1) is 16.2 Å². The zero-order valence-corrected chi connectivity index (χ0v) is 18.6. The van der Waals surface area contributed by atoms with Crippen molar-refractivity contribution >= 4 is 47.9 Å². The molecule has 0 radical (unpaired) electrons. The quantitative estimate of drug-likeness (QED) is 0.0972. The van der Waals surface area contributed by atoms with Crippen molar-refractivity contribution in [3.63, 3.8) is 0 Å². The van der Waals surface area contributed by atoms with Crippen molar-refractivity contribution in [2.75, 3.05) is 44.5 Å². The summed E-state index contributed by atoms with van der Waals surface area (Å²) in [6, 6.07) is 0. The monoisotopic (exact) mass is 464 g/mol. The first-order valence-electron chi connectivity index (χ1n) is 9.43. The van der Waals surface area contributed by atoms with E-state index in [2.05, 4.69) is 6.58 Å². The molecule has 9 nitrogen and oxygen atoms in total. The van der Waals surface area contributed by atoms with Gasteiger partial charge in [-0.3, -0.25) is 9.59 Å². The maximum atomic E-state index is 10.8. The van der Waals surface area contributed by atoms with E-state index in [1.807, 2.05) is 0 Å². The molecule has 11 heteroatoms. The fourth-order valence-electron chi connectivity index (χ4n) is 2.32. The zero-order valence-electron chi connectivity index (χ0n) is 17.0. The van der Waals surface area contributed by atoms with E-state index in [-0.39, 0.29) is 19.8 Å². The summed E-state index contributed by atoms with van der Waals surface area (Å²) in [7, 11) is 0. The first kappa shape index (κ1) is 28.6. The van der Waals surface area contributed by atoms with Gasteiger partial charge < -0.3 is 35.6 Å². The van der Waals surface area contributed by atoms with Gasteiger partial charge in [0, 0.05) is 31.1 Å². The van der Waals surface area contributed by atoms with Crippen LogP contribution in [-0.4, -0.2) is 94.7 Å². The Morgan fingerprint density at radius 1 is 0.967 bits per heavy atom. The number of ether oxygens (including phenoxy) is 2. The standard InChI is InChI=1S/C19H32N2O7S2/c1-2-5-19(12-22,13-27-6-3-8-29-15(10-20)17(23)24)14-28-7-4-9-30-16(11-21)18(25)26/h2,10-11,15-16,20-22H,1,3-9,12-14H2,(H,23,24)(H,25,26). The van der Waals surface area contributed by atoms with E-state index in [1.54, 1.807) is 6.08 Å². The van der Waals surface area contributed by atoms with Crippen LogP contribution >= 0.6 is 23.5 Å². The molecule has 0 aliphatic heterocycles. The molecule has 0 rings (SSSR count). The van der Waals surface area contributed by atoms with E-state index in [0.717, 1.165) is 36.0 Å². The Morgan fingerprint density at radius 3 is 1.70 bits per heavy atom. The summed E-state index contributed by atoms with van der Waals surface area (Å²) in [4.78, 5) is 21.7. The molecule has 0 aliphatic carbocycles. The molecule has 0 saturated carbocycles. The Bertz CT molecular complexity index is 511. The molecule has 0 aromatic rings. The molecule has 2 atom stereocenters. The van der Waals surface area contributed by atoms with Gasteiger partial charge in [-0.05, 0) is 30.8 Å². The van der Waals surface area contributed by atoms with Crippen LogP contribution < -0.4 is 0 Å². The summed E-state index contributed by atoms with van der Waals surface area (Å²) in [5.41, 5.74) is -0.626. The molecule has 2 unspecified atom stereocenters. The van der Waals surface area contributed by atoms with Crippen LogP contribution in [-0.2, 0) is 19.1 Å². The van der Waals surface area contributed by atoms with Gasteiger partial charge in [-0.2, -0.15) is 0 Å². The second-order valence-corrected chi connectivity index (χ2v) is 9.05. The van der Waals surface area contributed by atoms with Gasteiger partial charge >= 0.3 is 11.9 Å². The van der Waals surface area contributed by atoms with Crippen LogP contribution in [0.15, 0.2) is 12.7 Å². The number of aliphatic hydroxyl groups is 1. The molecule has 0 bridgehead atoms. The highest BCUT2D eigenvalue weighted by atomic mass is 32.2. The van der Waals surface area contributed by atoms with E-state index in [9.17, 15) is 14.7 Å². The fraction of sp³-hybridized carbons (Fsp3) is 0.684. The normalized spacial score (nSPS) is 15.0. The minimum Gasteiger partial charge on any atom is -0.480 e. The third-order valence-corrected chi connectivity index (χ3v) is 6.42. The van der Waals surface area contributed by atoms with E-state index >= 15 is 0 Å². The molecule has 0 aliphatic rings. The number of aliphatic carboxylic acids is 2. The minimum absolute atomic E-state index is 0.147. The van der Waals surface area contributed by atoms with Gasteiger partial charge in [0.25, 0.3) is 0 Å². The molecule has 5 N–H and O–H groups in total. The van der Waals surface area contributed by atoms with Crippen molar-refractivity contribution in [3.8, 4) is 0 Å². The number of thioether (sulfide) groups is 2. The molecule has 30 heavy (non-hydrogen) atoms. The van der Waals surface area contributed by atoms with Crippen molar-refractivity contribution < 1.29 is 34.4 Å². The third-order valence-electron chi connectivity index (χ3n) is 3.98. The molecule has 0 heterocycles. The molecular formula is C19H32N2O7S2. The average Bonchev–Trinajstić information content (AvgIpc) is 2.71. The minimum atomic E-state index is -1.03. The van der Waals surface area contributed by atoms with E-state index < -0.39 is 27.9 Å². The van der Waals surface area contributed by atoms with Gasteiger partial charge in [0.1, 0.15) is 10.5 Å². The second kappa shape index (κ2) is 17.3. The largest absolute Gasteiger partial charge is 0.480 e. The number of carbonyl (C=O) groups is 2.